The van der Waals surface area contributed by atoms with Gasteiger partial charge in [-0.05, 0) is 19.1 Å². The Bertz CT molecular complexity index is 583. The third-order valence-corrected chi connectivity index (χ3v) is 2.15. The number of alkyl halides is 3. The van der Waals surface area contributed by atoms with E-state index in [-0.39, 0.29) is 17.7 Å². The Morgan fingerprint density at radius 1 is 1.35 bits per heavy atom. The molecule has 0 saturated carbocycles. The van der Waals surface area contributed by atoms with Crippen LogP contribution in [0.5, 0.6) is 5.75 Å². The van der Waals surface area contributed by atoms with Crippen LogP contribution >= 0.6 is 0 Å². The van der Waals surface area contributed by atoms with Crippen molar-refractivity contribution < 1.29 is 22.3 Å². The molecule has 0 amide bonds. The molecule has 1 heterocycles. The molecule has 1 unspecified atom stereocenters. The van der Waals surface area contributed by atoms with E-state index in [1.807, 2.05) is 0 Å². The molecule has 2 aromatic rings. The van der Waals surface area contributed by atoms with Crippen LogP contribution in [0.1, 0.15) is 18.9 Å². The van der Waals surface area contributed by atoms with E-state index in [0.29, 0.717) is 5.69 Å². The average molecular weight is 288 g/mol. The Labute approximate surface area is 111 Å². The number of nitrogens with zero attached hydrogens (tertiary/aromatic N) is 2. The fourth-order valence-corrected chi connectivity index (χ4v) is 1.36. The molecule has 0 saturated heterocycles. The number of halogens is 3. The second-order valence-electron chi connectivity index (χ2n) is 3.93. The van der Waals surface area contributed by atoms with Crippen molar-refractivity contribution >= 4 is 11.7 Å². The number of hydrogen-bond donors (Lipinski definition) is 2. The number of benzene rings is 1. The van der Waals surface area contributed by atoms with Gasteiger partial charge in [0.25, 0.3) is 0 Å². The fourth-order valence-electron chi connectivity index (χ4n) is 1.36. The van der Waals surface area contributed by atoms with Crippen molar-refractivity contribution in [3.63, 3.8) is 0 Å². The molecule has 6 nitrogen and oxygen atoms in total. The number of hydrogen-bond acceptors (Lipinski definition) is 6. The molecule has 0 radical (unpaired) electrons. The summed E-state index contributed by atoms with van der Waals surface area (Å²) in [6.07, 6.45) is -4.74. The van der Waals surface area contributed by atoms with E-state index in [1.54, 1.807) is 6.92 Å². The van der Waals surface area contributed by atoms with E-state index in [9.17, 15) is 13.2 Å². The van der Waals surface area contributed by atoms with Gasteiger partial charge < -0.3 is 20.2 Å². The highest BCUT2D eigenvalue weighted by Gasteiger charge is 2.31. The van der Waals surface area contributed by atoms with Gasteiger partial charge in [0, 0.05) is 11.8 Å². The SMILES string of the molecule is CC(N)c1nnc(Nc2cccc(OC(F)(F)F)c2)o1. The Morgan fingerprint density at radius 2 is 2.10 bits per heavy atom. The third kappa shape index (κ3) is 3.85. The van der Waals surface area contributed by atoms with Crippen LogP contribution in [-0.4, -0.2) is 16.6 Å². The molecule has 2 rings (SSSR count). The van der Waals surface area contributed by atoms with Crippen molar-refractivity contribution in [2.75, 3.05) is 5.32 Å². The molecule has 1 atom stereocenters. The van der Waals surface area contributed by atoms with Crippen LogP contribution in [0.25, 0.3) is 0 Å². The van der Waals surface area contributed by atoms with Gasteiger partial charge in [-0.25, -0.2) is 0 Å². The van der Waals surface area contributed by atoms with Crippen LogP contribution in [0, 0.1) is 0 Å². The standard InChI is InChI=1S/C11H11F3N4O2/c1-6(15)9-17-18-10(19-9)16-7-3-2-4-8(5-7)20-11(12,13)14/h2-6H,15H2,1H3,(H,16,18). The maximum absolute atomic E-state index is 12.1. The fraction of sp³-hybridized carbons (Fsp3) is 0.273. The lowest BCUT2D eigenvalue weighted by molar-refractivity contribution is -0.274. The Kier molecular flexibility index (Phi) is 3.79. The van der Waals surface area contributed by atoms with Gasteiger partial charge in [-0.15, -0.1) is 18.3 Å². The van der Waals surface area contributed by atoms with Gasteiger partial charge >= 0.3 is 12.4 Å². The smallest absolute Gasteiger partial charge is 0.406 e. The Morgan fingerprint density at radius 3 is 2.70 bits per heavy atom. The minimum absolute atomic E-state index is 0.0291. The molecule has 9 heteroatoms. The first kappa shape index (κ1) is 14.1. The number of aromatic nitrogens is 2. The molecule has 0 aliphatic carbocycles. The number of nitrogens with two attached hydrogens (primary N) is 1. The molecule has 108 valence electrons. The molecule has 3 N–H and O–H groups in total. The molecular formula is C11H11F3N4O2. The Balaban J connectivity index is 2.11. The van der Waals surface area contributed by atoms with Crippen LogP contribution in [0.2, 0.25) is 0 Å². The molecule has 1 aromatic carbocycles. The van der Waals surface area contributed by atoms with Crippen LogP contribution < -0.4 is 15.8 Å². The molecule has 0 aliphatic heterocycles. The maximum atomic E-state index is 12.1. The van der Waals surface area contributed by atoms with Gasteiger partial charge in [0.1, 0.15) is 5.75 Å². The molecule has 0 aliphatic rings. The van der Waals surface area contributed by atoms with E-state index in [4.69, 9.17) is 10.2 Å². The molecular weight excluding hydrogens is 277 g/mol. The van der Waals surface area contributed by atoms with Crippen LogP contribution in [0.15, 0.2) is 28.7 Å². The summed E-state index contributed by atoms with van der Waals surface area (Å²) in [6, 6.07) is 4.85. The zero-order chi connectivity index (χ0) is 14.8. The zero-order valence-corrected chi connectivity index (χ0v) is 10.3. The van der Waals surface area contributed by atoms with E-state index >= 15 is 0 Å². The van der Waals surface area contributed by atoms with Gasteiger partial charge in [-0.1, -0.05) is 11.2 Å². The largest absolute Gasteiger partial charge is 0.573 e. The van der Waals surface area contributed by atoms with Crippen molar-refractivity contribution in [2.24, 2.45) is 5.73 Å². The topological polar surface area (TPSA) is 86.2 Å². The first-order chi connectivity index (χ1) is 9.33. The molecule has 0 bridgehead atoms. The van der Waals surface area contributed by atoms with Crippen molar-refractivity contribution in [3.05, 3.63) is 30.2 Å². The minimum Gasteiger partial charge on any atom is -0.406 e. The summed E-state index contributed by atoms with van der Waals surface area (Å²) in [5.74, 6) is -0.135. The summed E-state index contributed by atoms with van der Waals surface area (Å²) in [5, 5.41) is 10.0. The summed E-state index contributed by atoms with van der Waals surface area (Å²) in [4.78, 5) is 0. The quantitative estimate of drug-likeness (QED) is 0.899. The van der Waals surface area contributed by atoms with Crippen LogP contribution in [-0.2, 0) is 0 Å². The van der Waals surface area contributed by atoms with Gasteiger partial charge in [0.2, 0.25) is 5.89 Å². The highest BCUT2D eigenvalue weighted by Crippen LogP contribution is 2.26. The first-order valence-corrected chi connectivity index (χ1v) is 5.55. The molecule has 1 aromatic heterocycles. The van der Waals surface area contributed by atoms with Crippen molar-refractivity contribution in [1.29, 1.82) is 0 Å². The maximum Gasteiger partial charge on any atom is 0.573 e. The predicted molar refractivity (Wildman–Crippen MR) is 63.3 cm³/mol. The molecule has 20 heavy (non-hydrogen) atoms. The number of rotatable bonds is 4. The summed E-state index contributed by atoms with van der Waals surface area (Å²) < 4.78 is 45.2. The first-order valence-electron chi connectivity index (χ1n) is 5.55. The molecule has 0 spiro atoms. The summed E-state index contributed by atoms with van der Waals surface area (Å²) in [6.45, 7) is 1.66. The monoisotopic (exact) mass is 288 g/mol. The normalized spacial score (nSPS) is 13.1. The van der Waals surface area contributed by atoms with Gasteiger partial charge in [0.05, 0.1) is 6.04 Å². The van der Waals surface area contributed by atoms with Crippen molar-refractivity contribution in [1.82, 2.24) is 10.2 Å². The van der Waals surface area contributed by atoms with Crippen molar-refractivity contribution in [2.45, 2.75) is 19.3 Å². The van der Waals surface area contributed by atoms with Gasteiger partial charge in [0.15, 0.2) is 0 Å². The lowest BCUT2D eigenvalue weighted by Gasteiger charge is -2.09. The lowest BCUT2D eigenvalue weighted by atomic mass is 10.3. The van der Waals surface area contributed by atoms with E-state index < -0.39 is 12.4 Å². The van der Waals surface area contributed by atoms with E-state index in [0.717, 1.165) is 6.07 Å². The van der Waals surface area contributed by atoms with E-state index in [1.165, 1.54) is 18.2 Å². The second kappa shape index (κ2) is 5.37. The van der Waals surface area contributed by atoms with E-state index in [2.05, 4.69) is 20.3 Å². The van der Waals surface area contributed by atoms with Gasteiger partial charge in [-0.2, -0.15) is 0 Å². The number of ether oxygens (including phenoxy) is 1. The molecule has 0 fully saturated rings. The highest BCUT2D eigenvalue weighted by atomic mass is 19.4. The van der Waals surface area contributed by atoms with Crippen LogP contribution in [0.3, 0.4) is 0 Å². The summed E-state index contributed by atoms with van der Waals surface area (Å²) >= 11 is 0. The average Bonchev–Trinajstić information content (AvgIpc) is 2.75. The number of nitrogens with one attached hydrogen (secondary N) is 1. The third-order valence-electron chi connectivity index (χ3n) is 2.15. The Hall–Kier alpha value is -2.29. The summed E-state index contributed by atoms with van der Waals surface area (Å²) in [7, 11) is 0. The van der Waals surface area contributed by atoms with Gasteiger partial charge in [-0.3, -0.25) is 0 Å². The number of anilines is 2. The second-order valence-corrected chi connectivity index (χ2v) is 3.93. The zero-order valence-electron chi connectivity index (χ0n) is 10.3. The van der Waals surface area contributed by atoms with Crippen LogP contribution in [0.4, 0.5) is 24.9 Å². The predicted octanol–water partition coefficient (Wildman–Crippen LogP) is 2.73. The lowest BCUT2D eigenvalue weighted by Crippen LogP contribution is -2.17. The summed E-state index contributed by atoms with van der Waals surface area (Å²) in [5.41, 5.74) is 5.86. The van der Waals surface area contributed by atoms with Crippen molar-refractivity contribution in [3.8, 4) is 5.75 Å². The highest BCUT2D eigenvalue weighted by molar-refractivity contribution is 5.54. The minimum atomic E-state index is -4.74.